The molecular formula is C27H22FN3O4S. The Kier molecular flexibility index (Phi) is 6.24. The zero-order chi connectivity index (χ0) is 26.3. The summed E-state index contributed by atoms with van der Waals surface area (Å²) in [5.41, 5.74) is 0.419. The van der Waals surface area contributed by atoms with Crippen LogP contribution < -0.4 is 4.72 Å². The molecule has 0 amide bonds. The van der Waals surface area contributed by atoms with Gasteiger partial charge in [0.1, 0.15) is 6.07 Å². The van der Waals surface area contributed by atoms with Gasteiger partial charge in [0.05, 0.1) is 27.2 Å². The number of carboxylic acid groups (broad SMARTS) is 1. The van der Waals surface area contributed by atoms with Gasteiger partial charge >= 0.3 is 5.97 Å². The molecule has 0 bridgehead atoms. The van der Waals surface area contributed by atoms with E-state index >= 15 is 4.39 Å². The van der Waals surface area contributed by atoms with E-state index in [1.807, 2.05) is 20.8 Å². The van der Waals surface area contributed by atoms with E-state index in [4.69, 9.17) is 0 Å². The molecule has 0 atom stereocenters. The third-order valence-corrected chi connectivity index (χ3v) is 7.19. The summed E-state index contributed by atoms with van der Waals surface area (Å²) in [6.07, 6.45) is 1.41. The standard InChI is InChI=1S/C27H22FN3O4S/c1-27(2,3)17-7-9-18(10-8-17)36(34,35)31-22-13-6-16(15-29)24(28)23(22)19-11-12-21(26(32)33)25-20(19)5-4-14-30-25/h4-14,31H,1-3H3,(H,32,33). The summed E-state index contributed by atoms with van der Waals surface area (Å²) in [5, 5.41) is 19.2. The first-order valence-electron chi connectivity index (χ1n) is 10.9. The van der Waals surface area contributed by atoms with Gasteiger partial charge in [0, 0.05) is 17.1 Å². The van der Waals surface area contributed by atoms with Gasteiger partial charge < -0.3 is 5.11 Å². The summed E-state index contributed by atoms with van der Waals surface area (Å²) in [6.45, 7) is 6.03. The van der Waals surface area contributed by atoms with Crippen LogP contribution in [0, 0.1) is 17.1 Å². The van der Waals surface area contributed by atoms with Crippen LogP contribution in [0.15, 0.2) is 71.8 Å². The van der Waals surface area contributed by atoms with Crippen molar-refractivity contribution in [3.63, 3.8) is 0 Å². The third kappa shape index (κ3) is 4.51. The third-order valence-electron chi connectivity index (χ3n) is 5.81. The number of halogens is 1. The van der Waals surface area contributed by atoms with Crippen molar-refractivity contribution >= 4 is 32.6 Å². The lowest BCUT2D eigenvalue weighted by Gasteiger charge is -2.20. The maximum absolute atomic E-state index is 15.6. The minimum absolute atomic E-state index is 0.0148. The number of nitrogens with zero attached hydrogens (tertiary/aromatic N) is 2. The number of benzene rings is 3. The van der Waals surface area contributed by atoms with Gasteiger partial charge in [-0.15, -0.1) is 0 Å². The van der Waals surface area contributed by atoms with E-state index in [1.165, 1.54) is 42.6 Å². The van der Waals surface area contributed by atoms with Crippen LogP contribution in [0.3, 0.4) is 0 Å². The first kappa shape index (κ1) is 24.8. The van der Waals surface area contributed by atoms with E-state index in [-0.39, 0.29) is 43.8 Å². The molecule has 2 N–H and O–H groups in total. The molecule has 1 aromatic heterocycles. The van der Waals surface area contributed by atoms with Crippen molar-refractivity contribution in [2.45, 2.75) is 31.1 Å². The maximum Gasteiger partial charge on any atom is 0.337 e. The Bertz CT molecular complexity index is 1650. The fraction of sp³-hybridized carbons (Fsp3) is 0.148. The largest absolute Gasteiger partial charge is 0.478 e. The van der Waals surface area contributed by atoms with Gasteiger partial charge in [0.15, 0.2) is 5.82 Å². The molecular weight excluding hydrogens is 481 g/mol. The first-order valence-corrected chi connectivity index (χ1v) is 12.4. The first-order chi connectivity index (χ1) is 16.9. The van der Waals surface area contributed by atoms with Crippen molar-refractivity contribution in [2.24, 2.45) is 0 Å². The molecule has 7 nitrogen and oxygen atoms in total. The summed E-state index contributed by atoms with van der Waals surface area (Å²) in [7, 11) is -4.13. The zero-order valence-corrected chi connectivity index (χ0v) is 20.5. The van der Waals surface area contributed by atoms with E-state index in [9.17, 15) is 23.6 Å². The van der Waals surface area contributed by atoms with Crippen molar-refractivity contribution < 1.29 is 22.7 Å². The number of pyridine rings is 1. The Morgan fingerprint density at radius 1 is 1.06 bits per heavy atom. The number of rotatable bonds is 5. The zero-order valence-electron chi connectivity index (χ0n) is 19.7. The number of carbonyl (C=O) groups is 1. The molecule has 0 aliphatic rings. The number of aromatic nitrogens is 1. The van der Waals surface area contributed by atoms with Gasteiger partial charge in [-0.3, -0.25) is 9.71 Å². The SMILES string of the molecule is CC(C)(C)c1ccc(S(=O)(=O)Nc2ccc(C#N)c(F)c2-c2ccc(C(=O)O)c3ncccc23)cc1. The van der Waals surface area contributed by atoms with Gasteiger partial charge in [-0.05, 0) is 52.9 Å². The van der Waals surface area contributed by atoms with E-state index < -0.39 is 21.8 Å². The maximum atomic E-state index is 15.6. The van der Waals surface area contributed by atoms with Gasteiger partial charge in [-0.1, -0.05) is 45.0 Å². The Balaban J connectivity index is 1.90. The lowest BCUT2D eigenvalue weighted by atomic mass is 9.87. The molecule has 182 valence electrons. The topological polar surface area (TPSA) is 120 Å². The molecule has 0 saturated heterocycles. The smallest absolute Gasteiger partial charge is 0.337 e. The van der Waals surface area contributed by atoms with Crippen LogP contribution in [0.5, 0.6) is 0 Å². The summed E-state index contributed by atoms with van der Waals surface area (Å²) < 4.78 is 44.5. The predicted octanol–water partition coefficient (Wildman–Crippen LogP) is 5.71. The van der Waals surface area contributed by atoms with E-state index in [1.54, 1.807) is 30.3 Å². The van der Waals surface area contributed by atoms with Gasteiger partial charge in [-0.25, -0.2) is 17.6 Å². The molecule has 1 heterocycles. The molecule has 0 spiro atoms. The lowest BCUT2D eigenvalue weighted by molar-refractivity contribution is 0.0699. The highest BCUT2D eigenvalue weighted by Gasteiger charge is 2.24. The highest BCUT2D eigenvalue weighted by molar-refractivity contribution is 7.92. The summed E-state index contributed by atoms with van der Waals surface area (Å²) in [4.78, 5) is 15.8. The fourth-order valence-corrected chi connectivity index (χ4v) is 4.98. The molecule has 36 heavy (non-hydrogen) atoms. The Labute approximate surface area is 207 Å². The van der Waals surface area contributed by atoms with Crippen molar-refractivity contribution in [2.75, 3.05) is 4.72 Å². The monoisotopic (exact) mass is 503 g/mol. The average Bonchev–Trinajstić information content (AvgIpc) is 2.83. The number of carboxylic acids is 1. The molecule has 0 aliphatic heterocycles. The molecule has 9 heteroatoms. The van der Waals surface area contributed by atoms with Gasteiger partial charge in [0.25, 0.3) is 10.0 Å². The number of hydrogen-bond donors (Lipinski definition) is 2. The van der Waals surface area contributed by atoms with Crippen molar-refractivity contribution in [3.05, 3.63) is 89.4 Å². The number of anilines is 1. The Morgan fingerprint density at radius 2 is 1.75 bits per heavy atom. The van der Waals surface area contributed by atoms with E-state index in [2.05, 4.69) is 9.71 Å². The normalized spacial score (nSPS) is 11.8. The highest BCUT2D eigenvalue weighted by atomic mass is 32.2. The quantitative estimate of drug-likeness (QED) is 0.360. The second kappa shape index (κ2) is 9.06. The molecule has 0 radical (unpaired) electrons. The summed E-state index contributed by atoms with van der Waals surface area (Å²) >= 11 is 0. The lowest BCUT2D eigenvalue weighted by Crippen LogP contribution is -2.16. The minimum Gasteiger partial charge on any atom is -0.478 e. The Morgan fingerprint density at radius 3 is 2.36 bits per heavy atom. The number of nitrogens with one attached hydrogen (secondary N) is 1. The van der Waals surface area contributed by atoms with Crippen molar-refractivity contribution in [3.8, 4) is 17.2 Å². The second-order valence-electron chi connectivity index (χ2n) is 9.21. The number of aromatic carboxylic acids is 1. The molecule has 0 saturated carbocycles. The second-order valence-corrected chi connectivity index (χ2v) is 10.9. The molecule has 0 aliphatic carbocycles. The average molecular weight is 504 g/mol. The minimum atomic E-state index is -4.13. The van der Waals surface area contributed by atoms with Crippen LogP contribution in [0.4, 0.5) is 10.1 Å². The molecule has 4 aromatic rings. The highest BCUT2D eigenvalue weighted by Crippen LogP contribution is 2.38. The van der Waals surface area contributed by atoms with Crippen LogP contribution >= 0.6 is 0 Å². The number of sulfonamides is 1. The van der Waals surface area contributed by atoms with Crippen LogP contribution in [0.1, 0.15) is 42.3 Å². The summed E-state index contributed by atoms with van der Waals surface area (Å²) in [5.74, 6) is -2.15. The van der Waals surface area contributed by atoms with Crippen LogP contribution in [0.2, 0.25) is 0 Å². The molecule has 3 aromatic carbocycles. The number of hydrogen-bond acceptors (Lipinski definition) is 5. The van der Waals surface area contributed by atoms with Crippen LogP contribution in [-0.4, -0.2) is 24.5 Å². The molecule has 0 fully saturated rings. The van der Waals surface area contributed by atoms with Gasteiger partial charge in [-0.2, -0.15) is 5.26 Å². The van der Waals surface area contributed by atoms with Crippen molar-refractivity contribution in [1.82, 2.24) is 4.98 Å². The predicted molar refractivity (Wildman–Crippen MR) is 135 cm³/mol. The Hall–Kier alpha value is -4.29. The van der Waals surface area contributed by atoms with Gasteiger partial charge in [0.2, 0.25) is 0 Å². The molecule has 4 rings (SSSR count). The van der Waals surface area contributed by atoms with E-state index in [0.717, 1.165) is 5.56 Å². The van der Waals surface area contributed by atoms with Crippen LogP contribution in [-0.2, 0) is 15.4 Å². The fourth-order valence-electron chi connectivity index (χ4n) is 3.91. The van der Waals surface area contributed by atoms with Crippen LogP contribution in [0.25, 0.3) is 22.0 Å². The summed E-state index contributed by atoms with van der Waals surface area (Å²) in [6, 6.07) is 16.4. The van der Waals surface area contributed by atoms with Crippen molar-refractivity contribution in [1.29, 1.82) is 5.26 Å². The molecule has 0 unspecified atom stereocenters. The number of fused-ring (bicyclic) bond motifs is 1. The number of nitriles is 1. The van der Waals surface area contributed by atoms with E-state index in [0.29, 0.717) is 5.39 Å².